The SMILES string of the molecule is CC(C)C1(C(=O)NCc2cc(F)cc(C(F)(F)F)c2)CC(NC2CCNCC2)C1. The maximum Gasteiger partial charge on any atom is 0.416 e. The van der Waals surface area contributed by atoms with Crippen molar-refractivity contribution in [3.63, 3.8) is 0 Å². The van der Waals surface area contributed by atoms with Gasteiger partial charge in [-0.05, 0) is 68.5 Å². The van der Waals surface area contributed by atoms with Crippen LogP contribution in [0.15, 0.2) is 18.2 Å². The number of benzene rings is 1. The number of hydrogen-bond donors (Lipinski definition) is 3. The summed E-state index contributed by atoms with van der Waals surface area (Å²) in [6.45, 7) is 5.84. The maximum absolute atomic E-state index is 13.6. The summed E-state index contributed by atoms with van der Waals surface area (Å²) in [6, 6.07) is 3.11. The monoisotopic (exact) mass is 415 g/mol. The van der Waals surface area contributed by atoms with Crippen LogP contribution in [0, 0.1) is 17.2 Å². The standard InChI is InChI=1S/C21H29F4N3O/c1-13(2)20(10-18(11-20)28-17-3-5-26-6-4-17)19(29)27-12-14-7-15(21(23,24)25)9-16(22)8-14/h7-9,13,17-18,26,28H,3-6,10-12H2,1-2H3,(H,27,29). The molecule has 0 unspecified atom stereocenters. The largest absolute Gasteiger partial charge is 0.416 e. The van der Waals surface area contributed by atoms with Gasteiger partial charge in [0.2, 0.25) is 5.91 Å². The van der Waals surface area contributed by atoms with Crippen molar-refractivity contribution in [2.75, 3.05) is 13.1 Å². The zero-order valence-corrected chi connectivity index (χ0v) is 16.8. The first kappa shape index (κ1) is 22.0. The number of hydrogen-bond acceptors (Lipinski definition) is 3. The van der Waals surface area contributed by atoms with Crippen LogP contribution in [0.2, 0.25) is 0 Å². The Morgan fingerprint density at radius 1 is 1.17 bits per heavy atom. The Bertz CT molecular complexity index is 723. The molecule has 1 saturated heterocycles. The average molecular weight is 415 g/mol. The smallest absolute Gasteiger partial charge is 0.352 e. The Balaban J connectivity index is 1.59. The van der Waals surface area contributed by atoms with Gasteiger partial charge in [0.15, 0.2) is 0 Å². The lowest BCUT2D eigenvalue weighted by atomic mass is 9.58. The van der Waals surface area contributed by atoms with E-state index in [9.17, 15) is 22.4 Å². The molecule has 1 aromatic rings. The van der Waals surface area contributed by atoms with Gasteiger partial charge in [-0.3, -0.25) is 4.79 Å². The number of amides is 1. The molecule has 1 heterocycles. The van der Waals surface area contributed by atoms with Crippen LogP contribution in [-0.4, -0.2) is 31.1 Å². The summed E-state index contributed by atoms with van der Waals surface area (Å²) in [5.74, 6) is -1.03. The molecule has 0 radical (unpaired) electrons. The molecule has 0 spiro atoms. The highest BCUT2D eigenvalue weighted by Gasteiger charge is 2.52. The van der Waals surface area contributed by atoms with Gasteiger partial charge in [0.05, 0.1) is 11.0 Å². The van der Waals surface area contributed by atoms with Crippen LogP contribution in [0.4, 0.5) is 17.6 Å². The molecular formula is C21H29F4N3O. The molecule has 3 rings (SSSR count). The van der Waals surface area contributed by atoms with Gasteiger partial charge in [-0.2, -0.15) is 13.2 Å². The number of alkyl halides is 3. The predicted octanol–water partition coefficient (Wildman–Crippen LogP) is 3.61. The molecule has 1 aromatic carbocycles. The number of rotatable bonds is 6. The van der Waals surface area contributed by atoms with Crippen LogP contribution >= 0.6 is 0 Å². The maximum atomic E-state index is 13.6. The Morgan fingerprint density at radius 3 is 2.41 bits per heavy atom. The first-order valence-electron chi connectivity index (χ1n) is 10.2. The summed E-state index contributed by atoms with van der Waals surface area (Å²) in [4.78, 5) is 12.9. The fourth-order valence-corrected chi connectivity index (χ4v) is 4.45. The number of halogens is 4. The van der Waals surface area contributed by atoms with Crippen molar-refractivity contribution in [1.29, 1.82) is 0 Å². The van der Waals surface area contributed by atoms with E-state index in [1.54, 1.807) is 0 Å². The highest BCUT2D eigenvalue weighted by Crippen LogP contribution is 2.47. The van der Waals surface area contributed by atoms with E-state index in [0.29, 0.717) is 24.9 Å². The minimum atomic E-state index is -4.62. The van der Waals surface area contributed by atoms with Crippen LogP contribution in [0.25, 0.3) is 0 Å². The molecule has 0 aromatic heterocycles. The second-order valence-electron chi connectivity index (χ2n) is 8.64. The molecule has 2 fully saturated rings. The normalized spacial score (nSPS) is 25.7. The first-order chi connectivity index (χ1) is 13.6. The first-order valence-corrected chi connectivity index (χ1v) is 10.2. The summed E-state index contributed by atoms with van der Waals surface area (Å²) in [7, 11) is 0. The molecule has 0 atom stereocenters. The van der Waals surface area contributed by atoms with Crippen molar-refractivity contribution in [3.8, 4) is 0 Å². The average Bonchev–Trinajstić information content (AvgIpc) is 2.61. The van der Waals surface area contributed by atoms with Crippen LogP contribution in [0.5, 0.6) is 0 Å². The van der Waals surface area contributed by atoms with Crippen LogP contribution in [0.1, 0.15) is 50.7 Å². The van der Waals surface area contributed by atoms with Crippen LogP contribution in [-0.2, 0) is 17.5 Å². The van der Waals surface area contributed by atoms with Gasteiger partial charge < -0.3 is 16.0 Å². The fourth-order valence-electron chi connectivity index (χ4n) is 4.45. The quantitative estimate of drug-likeness (QED) is 0.623. The molecule has 1 aliphatic heterocycles. The van der Waals surface area contributed by atoms with E-state index in [0.717, 1.165) is 38.1 Å². The van der Waals surface area contributed by atoms with Crippen molar-refractivity contribution >= 4 is 5.91 Å². The second kappa shape index (κ2) is 8.60. The van der Waals surface area contributed by atoms with Gasteiger partial charge in [-0.1, -0.05) is 13.8 Å². The van der Waals surface area contributed by atoms with Crippen molar-refractivity contribution < 1.29 is 22.4 Å². The number of piperidine rings is 1. The summed E-state index contributed by atoms with van der Waals surface area (Å²) in [5, 5.41) is 9.70. The molecule has 29 heavy (non-hydrogen) atoms. The lowest BCUT2D eigenvalue weighted by molar-refractivity contribution is -0.142. The summed E-state index contributed by atoms with van der Waals surface area (Å²) in [5.41, 5.74) is -1.48. The molecule has 162 valence electrons. The minimum absolute atomic E-state index is 0.104. The third-order valence-corrected chi connectivity index (χ3v) is 6.33. The van der Waals surface area contributed by atoms with Gasteiger partial charge in [-0.25, -0.2) is 4.39 Å². The molecule has 8 heteroatoms. The van der Waals surface area contributed by atoms with Gasteiger partial charge in [0, 0.05) is 18.6 Å². The Hall–Kier alpha value is -1.67. The highest BCUT2D eigenvalue weighted by molar-refractivity contribution is 5.84. The highest BCUT2D eigenvalue weighted by atomic mass is 19.4. The van der Waals surface area contributed by atoms with Crippen LogP contribution < -0.4 is 16.0 Å². The van der Waals surface area contributed by atoms with E-state index in [1.165, 1.54) is 0 Å². The summed E-state index contributed by atoms with van der Waals surface area (Å²) < 4.78 is 52.2. The van der Waals surface area contributed by atoms with Gasteiger partial charge in [0.25, 0.3) is 0 Å². The predicted molar refractivity (Wildman–Crippen MR) is 103 cm³/mol. The van der Waals surface area contributed by atoms with Crippen molar-refractivity contribution in [1.82, 2.24) is 16.0 Å². The number of nitrogens with one attached hydrogen (secondary N) is 3. The van der Waals surface area contributed by atoms with E-state index in [4.69, 9.17) is 0 Å². The van der Waals surface area contributed by atoms with Crippen LogP contribution in [0.3, 0.4) is 0 Å². The third kappa shape index (κ3) is 5.09. The summed E-state index contributed by atoms with van der Waals surface area (Å²) in [6.07, 6.45) is -1.08. The Labute approximate surface area is 168 Å². The Morgan fingerprint density at radius 2 is 1.83 bits per heavy atom. The molecule has 2 aliphatic rings. The third-order valence-electron chi connectivity index (χ3n) is 6.33. The zero-order valence-electron chi connectivity index (χ0n) is 16.8. The van der Waals surface area contributed by atoms with Gasteiger partial charge in [0.1, 0.15) is 5.82 Å². The van der Waals surface area contributed by atoms with Crippen molar-refractivity contribution in [2.45, 2.75) is 64.3 Å². The molecule has 1 aliphatic carbocycles. The minimum Gasteiger partial charge on any atom is -0.352 e. The van der Waals surface area contributed by atoms with E-state index in [-0.39, 0.29) is 30.0 Å². The van der Waals surface area contributed by atoms with E-state index in [2.05, 4.69) is 16.0 Å². The lowest BCUT2D eigenvalue weighted by Gasteiger charge is -2.50. The lowest BCUT2D eigenvalue weighted by Crippen LogP contribution is -2.60. The zero-order chi connectivity index (χ0) is 21.2. The second-order valence-corrected chi connectivity index (χ2v) is 8.64. The molecule has 1 saturated carbocycles. The van der Waals surface area contributed by atoms with Crippen molar-refractivity contribution in [3.05, 3.63) is 35.1 Å². The molecule has 3 N–H and O–H groups in total. The topological polar surface area (TPSA) is 53.2 Å². The van der Waals surface area contributed by atoms with Gasteiger partial charge in [-0.15, -0.1) is 0 Å². The van der Waals surface area contributed by atoms with E-state index < -0.39 is 23.0 Å². The Kier molecular flexibility index (Phi) is 6.53. The fraction of sp³-hybridized carbons (Fsp3) is 0.667. The van der Waals surface area contributed by atoms with Crippen molar-refractivity contribution in [2.24, 2.45) is 11.3 Å². The van der Waals surface area contributed by atoms with E-state index >= 15 is 0 Å². The molecule has 1 amide bonds. The molecular weight excluding hydrogens is 386 g/mol. The van der Waals surface area contributed by atoms with E-state index in [1.807, 2.05) is 13.8 Å². The molecule has 0 bridgehead atoms. The number of carbonyl (C=O) groups excluding carboxylic acids is 1. The van der Waals surface area contributed by atoms with Gasteiger partial charge >= 0.3 is 6.18 Å². The summed E-state index contributed by atoms with van der Waals surface area (Å²) >= 11 is 0. The number of carbonyl (C=O) groups is 1. The molecule has 4 nitrogen and oxygen atoms in total.